The van der Waals surface area contributed by atoms with E-state index in [0.29, 0.717) is 37.4 Å². The van der Waals surface area contributed by atoms with Gasteiger partial charge in [-0.25, -0.2) is 0 Å². The van der Waals surface area contributed by atoms with Gasteiger partial charge in [0.25, 0.3) is 0 Å². The maximum absolute atomic E-state index is 14.2. The van der Waals surface area contributed by atoms with Crippen molar-refractivity contribution in [3.05, 3.63) is 79.2 Å². The summed E-state index contributed by atoms with van der Waals surface area (Å²) in [6.45, 7) is 14.1. The molecule has 5 heterocycles. The molecule has 4 aliphatic heterocycles. The van der Waals surface area contributed by atoms with E-state index >= 15 is 0 Å². The molecule has 8 bridgehead atoms. The van der Waals surface area contributed by atoms with Gasteiger partial charge < -0.3 is 45.6 Å². The summed E-state index contributed by atoms with van der Waals surface area (Å²) in [4.78, 5) is 43.0. The average molecular weight is 718 g/mol. The first-order valence-electron chi connectivity index (χ1n) is 18.4. The summed E-state index contributed by atoms with van der Waals surface area (Å²) in [5.74, 6) is -1.97. The second-order valence-corrected chi connectivity index (χ2v) is 13.9. The molecule has 1 aromatic rings. The van der Waals surface area contributed by atoms with Crippen molar-refractivity contribution < 1.29 is 33.7 Å². The first kappa shape index (κ1) is 38.7. The topological polar surface area (TPSA) is 163 Å². The predicted octanol–water partition coefficient (Wildman–Crippen LogP) is 4.77. The molecule has 0 radical (unpaired) electrons. The molecule has 4 atom stereocenters. The molecule has 12 heteroatoms. The number of hydrogen-bond acceptors (Lipinski definition) is 9. The van der Waals surface area contributed by atoms with Crippen molar-refractivity contribution in [1.29, 1.82) is 0 Å². The zero-order valence-corrected chi connectivity index (χ0v) is 31.8. The minimum atomic E-state index is -0.893. The van der Waals surface area contributed by atoms with Crippen molar-refractivity contribution in [3.8, 4) is 0 Å². The number of carbonyl (C=O) groups excluding carboxylic acids is 2. The van der Waals surface area contributed by atoms with Crippen LogP contribution in [0.2, 0.25) is 0 Å². The van der Waals surface area contributed by atoms with Gasteiger partial charge >= 0.3 is 11.9 Å². The van der Waals surface area contributed by atoms with Crippen LogP contribution in [0.15, 0.2) is 56.7 Å². The highest BCUT2D eigenvalue weighted by atomic mass is 16.5. The van der Waals surface area contributed by atoms with Crippen molar-refractivity contribution in [1.82, 2.24) is 26.3 Å². The summed E-state index contributed by atoms with van der Waals surface area (Å²) in [6, 6.07) is -0.784. The van der Waals surface area contributed by atoms with Crippen LogP contribution in [0, 0.1) is 18.8 Å². The summed E-state index contributed by atoms with van der Waals surface area (Å²) in [5.41, 5.74) is 12.2. The number of aromatic amines is 1. The summed E-state index contributed by atoms with van der Waals surface area (Å²) < 4.78 is 15.9. The number of aromatic nitrogens is 1. The fraction of sp³-hybridized carbons (Fsp3) is 0.525. The molecule has 4 aliphatic rings. The number of ether oxygens (including phenoxy) is 3. The van der Waals surface area contributed by atoms with Gasteiger partial charge in [0.1, 0.15) is 0 Å². The molecule has 52 heavy (non-hydrogen) atoms. The fourth-order valence-electron chi connectivity index (χ4n) is 7.98. The van der Waals surface area contributed by atoms with Crippen molar-refractivity contribution in [2.75, 3.05) is 40.6 Å². The van der Waals surface area contributed by atoms with Gasteiger partial charge in [-0.2, -0.15) is 0 Å². The third-order valence-corrected chi connectivity index (χ3v) is 10.9. The normalized spacial score (nSPS) is 26.8. The van der Waals surface area contributed by atoms with E-state index in [0.717, 1.165) is 58.2 Å². The zero-order valence-electron chi connectivity index (χ0n) is 31.8. The summed E-state index contributed by atoms with van der Waals surface area (Å²) in [7, 11) is 2.95. The van der Waals surface area contributed by atoms with Gasteiger partial charge in [0.15, 0.2) is 0 Å². The Morgan fingerprint density at radius 2 is 1.71 bits per heavy atom. The van der Waals surface area contributed by atoms with Crippen LogP contribution in [-0.4, -0.2) is 80.6 Å². The van der Waals surface area contributed by atoms with Gasteiger partial charge in [-0.3, -0.25) is 14.4 Å². The van der Waals surface area contributed by atoms with Crippen LogP contribution in [0.5, 0.6) is 0 Å². The number of carboxylic acids is 1. The Kier molecular flexibility index (Phi) is 12.5. The molecule has 6 N–H and O–H groups in total. The van der Waals surface area contributed by atoms with Crippen molar-refractivity contribution in [3.63, 3.8) is 0 Å². The lowest BCUT2D eigenvalue weighted by Crippen LogP contribution is -2.38. The van der Waals surface area contributed by atoms with Crippen LogP contribution in [-0.2, 0) is 35.0 Å². The zero-order chi connectivity index (χ0) is 37.7. The lowest BCUT2D eigenvalue weighted by molar-refractivity contribution is -0.140. The van der Waals surface area contributed by atoms with E-state index in [-0.39, 0.29) is 43.2 Å². The van der Waals surface area contributed by atoms with Gasteiger partial charge in [0.05, 0.1) is 45.4 Å². The highest BCUT2D eigenvalue weighted by molar-refractivity contribution is 5.99. The number of fused-ring (bicyclic) bond motifs is 8. The highest BCUT2D eigenvalue weighted by Gasteiger charge is 2.42. The van der Waals surface area contributed by atoms with E-state index in [1.807, 2.05) is 6.92 Å². The van der Waals surface area contributed by atoms with Gasteiger partial charge in [-0.1, -0.05) is 20.8 Å². The Morgan fingerprint density at radius 3 is 2.38 bits per heavy atom. The van der Waals surface area contributed by atoms with Gasteiger partial charge in [-0.15, -0.1) is 0 Å². The molecular weight excluding hydrogens is 662 g/mol. The van der Waals surface area contributed by atoms with E-state index in [1.54, 1.807) is 7.11 Å². The van der Waals surface area contributed by atoms with E-state index in [4.69, 9.17) is 14.2 Å². The Hall–Kier alpha value is -4.55. The molecule has 1 fully saturated rings. The third-order valence-electron chi connectivity index (χ3n) is 10.9. The smallest absolute Gasteiger partial charge is 0.309 e. The number of carboxylic acid groups (broad SMARTS) is 1. The second kappa shape index (κ2) is 16.9. The second-order valence-electron chi connectivity index (χ2n) is 13.9. The average Bonchev–Trinajstić information content (AvgIpc) is 3.80. The molecule has 12 nitrogen and oxygen atoms in total. The van der Waals surface area contributed by atoms with Gasteiger partial charge in [0.2, 0.25) is 5.91 Å². The molecule has 0 saturated carbocycles. The molecule has 4 unspecified atom stereocenters. The molecule has 0 spiro atoms. The number of carbonyl (C=O) groups is 3. The molecule has 1 saturated heterocycles. The van der Waals surface area contributed by atoms with E-state index in [2.05, 4.69) is 79.1 Å². The maximum atomic E-state index is 14.2. The number of methoxy groups -OCH3 is 2. The van der Waals surface area contributed by atoms with Crippen molar-refractivity contribution in [2.24, 2.45) is 11.8 Å². The summed E-state index contributed by atoms with van der Waals surface area (Å²) in [6.07, 6.45) is 8.31. The van der Waals surface area contributed by atoms with Crippen molar-refractivity contribution in [2.45, 2.75) is 85.7 Å². The van der Waals surface area contributed by atoms with Gasteiger partial charge in [0, 0.05) is 71.7 Å². The Labute approximate surface area is 306 Å². The van der Waals surface area contributed by atoms with Crippen LogP contribution in [0.4, 0.5) is 0 Å². The highest BCUT2D eigenvalue weighted by Crippen LogP contribution is 2.43. The minimum absolute atomic E-state index is 0.0466. The standard InChI is InChI=1S/C40H55N5O7/c1-9-25-21(3)29-18-31-23(5)27(11-12-35(46)47)38(44-31)28(17-36(48)51-8)39-37(40(49)41-13-14-52-16-15-50-7)24(6)32(45-39)20-34-26(10-2)22(4)30(43-34)19-33(25)42-29/h18-20,23,27,29,39,42-45H,9-17H2,1-8H3,(H,41,49)(H,46,47)/b31-18-,32-20-,33-19-,38-28-. The van der Waals surface area contributed by atoms with E-state index in [1.165, 1.54) is 23.8 Å². The van der Waals surface area contributed by atoms with E-state index in [9.17, 15) is 19.5 Å². The first-order valence-corrected chi connectivity index (χ1v) is 18.4. The molecule has 0 aliphatic carbocycles. The molecule has 0 aromatic carbocycles. The number of esters is 1. The Bertz CT molecular complexity index is 1770. The molecule has 5 rings (SSSR count). The van der Waals surface area contributed by atoms with Crippen LogP contribution in [0.1, 0.15) is 82.8 Å². The predicted molar refractivity (Wildman–Crippen MR) is 201 cm³/mol. The number of aliphatic carboxylic acids is 1. The van der Waals surface area contributed by atoms with Crippen LogP contribution in [0.25, 0.3) is 12.2 Å². The lowest BCUT2D eigenvalue weighted by Gasteiger charge is -2.25. The summed E-state index contributed by atoms with van der Waals surface area (Å²) >= 11 is 0. The summed E-state index contributed by atoms with van der Waals surface area (Å²) in [5, 5.41) is 23.9. The monoisotopic (exact) mass is 717 g/mol. The minimum Gasteiger partial charge on any atom is -0.481 e. The fourth-order valence-corrected chi connectivity index (χ4v) is 7.98. The van der Waals surface area contributed by atoms with Crippen LogP contribution >= 0.6 is 0 Å². The quantitative estimate of drug-likeness (QED) is 0.117. The number of allylic oxidation sites excluding steroid dienone is 4. The number of nitrogens with one attached hydrogen (secondary N) is 5. The van der Waals surface area contributed by atoms with E-state index < -0.39 is 18.0 Å². The number of hydrogen-bond donors (Lipinski definition) is 6. The van der Waals surface area contributed by atoms with Gasteiger partial charge in [-0.05, 0) is 91.7 Å². The lowest BCUT2D eigenvalue weighted by atomic mass is 9.83. The number of rotatable bonds is 14. The van der Waals surface area contributed by atoms with Crippen LogP contribution in [0.3, 0.4) is 0 Å². The first-order chi connectivity index (χ1) is 24.9. The largest absolute Gasteiger partial charge is 0.481 e. The number of H-pyrrole nitrogens is 1. The van der Waals surface area contributed by atoms with Crippen LogP contribution < -0.4 is 21.3 Å². The third kappa shape index (κ3) is 7.92. The molecule has 282 valence electrons. The number of amides is 1. The Balaban J connectivity index is 1.74. The Morgan fingerprint density at radius 1 is 0.962 bits per heavy atom. The maximum Gasteiger partial charge on any atom is 0.309 e. The molecule has 1 aromatic heterocycles. The SMILES string of the molecule is CCC1=C(C)C2/C=C3\N/C(=C(/CC(=O)OC)C4N/C(=C\c5[nH]c(c(C)c5CC)/C=C/1N2)C(C)=C4C(=O)NCCOCCOC)C(CCC(=O)O)C3C. The molecule has 1 amide bonds. The molecular formula is C40H55N5O7. The van der Waals surface area contributed by atoms with Crippen molar-refractivity contribution >= 4 is 30.0 Å².